The van der Waals surface area contributed by atoms with Crippen molar-refractivity contribution in [3.8, 4) is 0 Å². The average molecular weight is 221 g/mol. The van der Waals surface area contributed by atoms with Crippen LogP contribution in [0.15, 0.2) is 18.2 Å². The summed E-state index contributed by atoms with van der Waals surface area (Å²) in [4.78, 5) is 0. The standard InChI is InChI=1S/C14H20FN/c1-14(2,3)13-7-12(15)5-4-11(13)6-10-8-16-9-10/h4-5,7,10,16H,6,8-9H2,1-3H3. The quantitative estimate of drug-likeness (QED) is 0.809. The molecular formula is C14H20FN. The van der Waals surface area contributed by atoms with Crippen LogP contribution in [0.25, 0.3) is 0 Å². The van der Waals surface area contributed by atoms with Gasteiger partial charge in [0.05, 0.1) is 0 Å². The van der Waals surface area contributed by atoms with E-state index in [9.17, 15) is 4.39 Å². The Labute approximate surface area is 97.1 Å². The maximum atomic E-state index is 13.3. The fourth-order valence-electron chi connectivity index (χ4n) is 2.23. The van der Waals surface area contributed by atoms with E-state index in [0.717, 1.165) is 31.0 Å². The van der Waals surface area contributed by atoms with Crippen LogP contribution in [-0.4, -0.2) is 13.1 Å². The van der Waals surface area contributed by atoms with Gasteiger partial charge in [-0.3, -0.25) is 0 Å². The van der Waals surface area contributed by atoms with Gasteiger partial charge in [0.2, 0.25) is 0 Å². The zero-order valence-corrected chi connectivity index (χ0v) is 10.3. The summed E-state index contributed by atoms with van der Waals surface area (Å²) in [6.07, 6.45) is 1.07. The fraction of sp³-hybridized carbons (Fsp3) is 0.571. The van der Waals surface area contributed by atoms with Gasteiger partial charge in [-0.05, 0) is 54.1 Å². The molecule has 1 aliphatic rings. The number of hydrogen-bond donors (Lipinski definition) is 1. The van der Waals surface area contributed by atoms with Gasteiger partial charge in [0.15, 0.2) is 0 Å². The Bertz CT molecular complexity index is 375. The van der Waals surface area contributed by atoms with Crippen molar-refractivity contribution in [1.29, 1.82) is 0 Å². The van der Waals surface area contributed by atoms with Crippen molar-refractivity contribution in [3.05, 3.63) is 35.1 Å². The molecule has 2 heteroatoms. The number of benzene rings is 1. The van der Waals surface area contributed by atoms with Gasteiger partial charge in [-0.25, -0.2) is 4.39 Å². The molecule has 1 aromatic carbocycles. The first-order valence-electron chi connectivity index (χ1n) is 5.96. The molecule has 88 valence electrons. The minimum absolute atomic E-state index is 0.0224. The Morgan fingerprint density at radius 1 is 1.31 bits per heavy atom. The Balaban J connectivity index is 2.28. The van der Waals surface area contributed by atoms with E-state index in [2.05, 4.69) is 26.1 Å². The Morgan fingerprint density at radius 3 is 2.50 bits per heavy atom. The summed E-state index contributed by atoms with van der Waals surface area (Å²) in [5, 5.41) is 3.28. The zero-order chi connectivity index (χ0) is 11.8. The summed E-state index contributed by atoms with van der Waals surface area (Å²) >= 11 is 0. The van der Waals surface area contributed by atoms with Crippen LogP contribution in [-0.2, 0) is 11.8 Å². The predicted molar refractivity (Wildman–Crippen MR) is 65.2 cm³/mol. The lowest BCUT2D eigenvalue weighted by Gasteiger charge is -2.30. The summed E-state index contributed by atoms with van der Waals surface area (Å²) in [7, 11) is 0. The average Bonchev–Trinajstić information content (AvgIpc) is 2.11. The molecule has 1 nitrogen and oxygen atoms in total. The predicted octanol–water partition coefficient (Wildman–Crippen LogP) is 2.89. The Kier molecular flexibility index (Phi) is 3.02. The van der Waals surface area contributed by atoms with Crippen molar-refractivity contribution in [2.24, 2.45) is 5.92 Å². The molecular weight excluding hydrogens is 201 g/mol. The SMILES string of the molecule is CC(C)(C)c1cc(F)ccc1CC1CNC1. The van der Waals surface area contributed by atoms with Gasteiger partial charge in [0.25, 0.3) is 0 Å². The van der Waals surface area contributed by atoms with Gasteiger partial charge in [0.1, 0.15) is 5.82 Å². The van der Waals surface area contributed by atoms with E-state index in [0.29, 0.717) is 0 Å². The lowest BCUT2D eigenvalue weighted by molar-refractivity contribution is 0.344. The van der Waals surface area contributed by atoms with Crippen LogP contribution in [0.5, 0.6) is 0 Å². The molecule has 0 aromatic heterocycles. The monoisotopic (exact) mass is 221 g/mol. The third-order valence-corrected chi connectivity index (χ3v) is 3.25. The van der Waals surface area contributed by atoms with Crippen molar-refractivity contribution >= 4 is 0 Å². The minimum Gasteiger partial charge on any atom is -0.316 e. The maximum Gasteiger partial charge on any atom is 0.123 e. The van der Waals surface area contributed by atoms with E-state index < -0.39 is 0 Å². The lowest BCUT2D eigenvalue weighted by Crippen LogP contribution is -2.43. The molecule has 0 unspecified atom stereocenters. The molecule has 0 spiro atoms. The highest BCUT2D eigenvalue weighted by atomic mass is 19.1. The highest BCUT2D eigenvalue weighted by Gasteiger charge is 2.23. The number of nitrogens with one attached hydrogen (secondary N) is 1. The van der Waals surface area contributed by atoms with E-state index in [1.165, 1.54) is 5.56 Å². The molecule has 0 atom stereocenters. The van der Waals surface area contributed by atoms with E-state index in [-0.39, 0.29) is 11.2 Å². The molecule has 16 heavy (non-hydrogen) atoms. The Morgan fingerprint density at radius 2 is 2.00 bits per heavy atom. The van der Waals surface area contributed by atoms with E-state index in [1.54, 1.807) is 12.1 Å². The summed E-state index contributed by atoms with van der Waals surface area (Å²) in [5.74, 6) is 0.604. The van der Waals surface area contributed by atoms with Gasteiger partial charge in [-0.2, -0.15) is 0 Å². The van der Waals surface area contributed by atoms with Gasteiger partial charge >= 0.3 is 0 Å². The molecule has 0 bridgehead atoms. The van der Waals surface area contributed by atoms with Gasteiger partial charge in [-0.15, -0.1) is 0 Å². The molecule has 0 radical (unpaired) electrons. The van der Waals surface area contributed by atoms with Crippen LogP contribution < -0.4 is 5.32 Å². The molecule has 1 saturated heterocycles. The molecule has 0 saturated carbocycles. The molecule has 0 aliphatic carbocycles. The first-order valence-corrected chi connectivity index (χ1v) is 5.96. The summed E-state index contributed by atoms with van der Waals surface area (Å²) in [5.41, 5.74) is 2.48. The second kappa shape index (κ2) is 4.17. The normalized spacial score (nSPS) is 17.2. The largest absolute Gasteiger partial charge is 0.316 e. The van der Waals surface area contributed by atoms with Crippen molar-refractivity contribution < 1.29 is 4.39 Å². The van der Waals surface area contributed by atoms with Crippen LogP contribution in [0.3, 0.4) is 0 Å². The number of hydrogen-bond acceptors (Lipinski definition) is 1. The zero-order valence-electron chi connectivity index (χ0n) is 10.3. The molecule has 1 fully saturated rings. The molecule has 1 N–H and O–H groups in total. The van der Waals surface area contributed by atoms with Gasteiger partial charge in [-0.1, -0.05) is 26.8 Å². The van der Waals surface area contributed by atoms with Crippen LogP contribution in [0, 0.1) is 11.7 Å². The van der Waals surface area contributed by atoms with Gasteiger partial charge < -0.3 is 5.32 Å². The van der Waals surface area contributed by atoms with E-state index in [4.69, 9.17) is 0 Å². The fourth-order valence-corrected chi connectivity index (χ4v) is 2.23. The van der Waals surface area contributed by atoms with Crippen molar-refractivity contribution in [3.63, 3.8) is 0 Å². The first kappa shape index (κ1) is 11.6. The van der Waals surface area contributed by atoms with Crippen LogP contribution in [0.4, 0.5) is 4.39 Å². The van der Waals surface area contributed by atoms with E-state index >= 15 is 0 Å². The third kappa shape index (κ3) is 2.43. The number of rotatable bonds is 2. The molecule has 1 aliphatic heterocycles. The molecule has 1 aromatic rings. The summed E-state index contributed by atoms with van der Waals surface area (Å²) in [6.45, 7) is 8.63. The Hall–Kier alpha value is -0.890. The summed E-state index contributed by atoms with van der Waals surface area (Å²) < 4.78 is 13.3. The second-order valence-corrected chi connectivity index (χ2v) is 5.78. The van der Waals surface area contributed by atoms with E-state index in [1.807, 2.05) is 6.07 Å². The lowest BCUT2D eigenvalue weighted by atomic mass is 9.80. The molecule has 0 amide bonds. The minimum atomic E-state index is -0.125. The topological polar surface area (TPSA) is 12.0 Å². The molecule has 2 rings (SSSR count). The second-order valence-electron chi connectivity index (χ2n) is 5.78. The summed E-state index contributed by atoms with van der Waals surface area (Å²) in [6, 6.07) is 5.23. The van der Waals surface area contributed by atoms with Crippen LogP contribution in [0.1, 0.15) is 31.9 Å². The van der Waals surface area contributed by atoms with Crippen LogP contribution in [0.2, 0.25) is 0 Å². The van der Waals surface area contributed by atoms with Gasteiger partial charge in [0, 0.05) is 0 Å². The third-order valence-electron chi connectivity index (χ3n) is 3.25. The van der Waals surface area contributed by atoms with Crippen molar-refractivity contribution in [2.75, 3.05) is 13.1 Å². The van der Waals surface area contributed by atoms with Crippen LogP contribution >= 0.6 is 0 Å². The van der Waals surface area contributed by atoms with Crippen molar-refractivity contribution in [2.45, 2.75) is 32.6 Å². The first-order chi connectivity index (χ1) is 7.47. The highest BCUT2D eigenvalue weighted by Crippen LogP contribution is 2.28. The highest BCUT2D eigenvalue weighted by molar-refractivity contribution is 5.34. The molecule has 1 heterocycles. The van der Waals surface area contributed by atoms with Crippen molar-refractivity contribution in [1.82, 2.24) is 5.32 Å². The smallest absolute Gasteiger partial charge is 0.123 e. The number of halogens is 1. The maximum absolute atomic E-state index is 13.3.